The third-order valence-electron chi connectivity index (χ3n) is 8.82. The Morgan fingerprint density at radius 1 is 0.432 bits per heavy atom. The molecule has 0 fully saturated rings. The van der Waals surface area contributed by atoms with Crippen LogP contribution in [0.15, 0.2) is 133 Å². The van der Waals surface area contributed by atoms with E-state index in [1.807, 2.05) is 12.1 Å². The Kier molecular flexibility index (Phi) is 5.29. The molecule has 0 unspecified atom stereocenters. The van der Waals surface area contributed by atoms with E-state index >= 15 is 0 Å². The summed E-state index contributed by atoms with van der Waals surface area (Å²) in [5.41, 5.74) is 11.1. The number of hydrogen-bond donors (Lipinski definition) is 0. The van der Waals surface area contributed by atoms with Crippen LogP contribution in [0.2, 0.25) is 0 Å². The zero-order valence-corrected chi connectivity index (χ0v) is 24.5. The van der Waals surface area contributed by atoms with Crippen LogP contribution in [0.3, 0.4) is 0 Å². The molecule has 0 amide bonds. The molecule has 3 aromatic heterocycles. The van der Waals surface area contributed by atoms with Gasteiger partial charge in [0.1, 0.15) is 0 Å². The van der Waals surface area contributed by atoms with Crippen LogP contribution in [-0.2, 0) is 0 Å². The molecule has 0 radical (unpaired) electrons. The average molecular weight is 565 g/mol. The molecule has 3 heterocycles. The SMILES string of the molecule is Cc1ccc2c(c1)c1cc3c(cc1n2-c1ccccc1)c1cc(C)ccc1n3-c1nc(-c2ccccc2)c2ccccc2n1. The lowest BCUT2D eigenvalue weighted by molar-refractivity contribution is 1.01. The fraction of sp³-hybridized carbons (Fsp3) is 0.0500. The zero-order chi connectivity index (χ0) is 29.4. The topological polar surface area (TPSA) is 35.6 Å². The van der Waals surface area contributed by atoms with Gasteiger partial charge in [0.2, 0.25) is 5.95 Å². The van der Waals surface area contributed by atoms with Gasteiger partial charge in [0, 0.05) is 38.2 Å². The first kappa shape index (κ1) is 24.8. The summed E-state index contributed by atoms with van der Waals surface area (Å²) in [6, 6.07) is 47.5. The van der Waals surface area contributed by atoms with Crippen molar-refractivity contribution in [1.82, 2.24) is 19.1 Å². The third kappa shape index (κ3) is 3.64. The number of rotatable bonds is 3. The van der Waals surface area contributed by atoms with Gasteiger partial charge in [-0.15, -0.1) is 0 Å². The maximum Gasteiger partial charge on any atom is 0.235 e. The van der Waals surface area contributed by atoms with Crippen LogP contribution in [0.5, 0.6) is 0 Å². The fourth-order valence-corrected chi connectivity index (χ4v) is 6.81. The van der Waals surface area contributed by atoms with Gasteiger partial charge in [-0.25, -0.2) is 9.97 Å². The number of fused-ring (bicyclic) bond motifs is 7. The van der Waals surface area contributed by atoms with E-state index in [0.717, 1.165) is 38.9 Å². The van der Waals surface area contributed by atoms with Gasteiger partial charge in [0.05, 0.1) is 33.3 Å². The number of benzene rings is 6. The predicted molar refractivity (Wildman–Crippen MR) is 183 cm³/mol. The van der Waals surface area contributed by atoms with Gasteiger partial charge in [-0.1, -0.05) is 90.0 Å². The highest BCUT2D eigenvalue weighted by Gasteiger charge is 2.21. The number of aryl methyl sites for hydroxylation is 2. The first-order valence-electron chi connectivity index (χ1n) is 15.0. The molecule has 208 valence electrons. The lowest BCUT2D eigenvalue weighted by atomic mass is 10.1. The molecule has 0 aliphatic heterocycles. The van der Waals surface area contributed by atoms with Gasteiger partial charge < -0.3 is 4.57 Å². The Morgan fingerprint density at radius 3 is 1.66 bits per heavy atom. The van der Waals surface area contributed by atoms with E-state index in [1.54, 1.807) is 0 Å². The molecule has 9 rings (SSSR count). The van der Waals surface area contributed by atoms with Gasteiger partial charge in [-0.05, 0) is 68.4 Å². The zero-order valence-electron chi connectivity index (χ0n) is 24.5. The van der Waals surface area contributed by atoms with E-state index < -0.39 is 0 Å². The summed E-state index contributed by atoms with van der Waals surface area (Å²) in [6.07, 6.45) is 0. The third-order valence-corrected chi connectivity index (χ3v) is 8.82. The molecule has 0 aliphatic rings. The summed E-state index contributed by atoms with van der Waals surface area (Å²) < 4.78 is 4.65. The van der Waals surface area contributed by atoms with E-state index in [2.05, 4.69) is 144 Å². The predicted octanol–water partition coefficient (Wildman–Crippen LogP) is 10.1. The van der Waals surface area contributed by atoms with Crippen molar-refractivity contribution in [2.75, 3.05) is 0 Å². The van der Waals surface area contributed by atoms with Crippen molar-refractivity contribution in [3.05, 3.63) is 145 Å². The summed E-state index contributed by atoms with van der Waals surface area (Å²) >= 11 is 0. The van der Waals surface area contributed by atoms with Gasteiger partial charge in [0.15, 0.2) is 0 Å². The van der Waals surface area contributed by atoms with E-state index in [-0.39, 0.29) is 0 Å². The van der Waals surface area contributed by atoms with Crippen LogP contribution in [0, 0.1) is 13.8 Å². The molecule has 9 aromatic rings. The monoisotopic (exact) mass is 564 g/mol. The van der Waals surface area contributed by atoms with Crippen molar-refractivity contribution < 1.29 is 0 Å². The van der Waals surface area contributed by atoms with Crippen molar-refractivity contribution in [1.29, 1.82) is 0 Å². The van der Waals surface area contributed by atoms with Crippen molar-refractivity contribution >= 4 is 54.5 Å². The molecule has 0 saturated carbocycles. The second kappa shape index (κ2) is 9.38. The number of nitrogens with zero attached hydrogens (tertiary/aromatic N) is 4. The summed E-state index contributed by atoms with van der Waals surface area (Å²) in [7, 11) is 0. The van der Waals surface area contributed by atoms with Crippen LogP contribution in [0.1, 0.15) is 11.1 Å². The van der Waals surface area contributed by atoms with E-state index in [1.165, 1.54) is 43.7 Å². The molecular weight excluding hydrogens is 536 g/mol. The van der Waals surface area contributed by atoms with Gasteiger partial charge in [0.25, 0.3) is 0 Å². The minimum Gasteiger partial charge on any atom is -0.309 e. The van der Waals surface area contributed by atoms with Crippen LogP contribution < -0.4 is 0 Å². The van der Waals surface area contributed by atoms with E-state index in [9.17, 15) is 0 Å². The molecule has 0 atom stereocenters. The number of para-hydroxylation sites is 2. The van der Waals surface area contributed by atoms with Crippen LogP contribution in [0.25, 0.3) is 77.4 Å². The summed E-state index contributed by atoms with van der Waals surface area (Å²) in [6.45, 7) is 4.32. The molecule has 0 spiro atoms. The summed E-state index contributed by atoms with van der Waals surface area (Å²) in [5, 5.41) is 5.88. The molecule has 0 N–H and O–H groups in total. The largest absolute Gasteiger partial charge is 0.309 e. The highest BCUT2D eigenvalue weighted by atomic mass is 15.2. The maximum absolute atomic E-state index is 5.29. The van der Waals surface area contributed by atoms with Gasteiger partial charge >= 0.3 is 0 Å². The first-order chi connectivity index (χ1) is 21.6. The van der Waals surface area contributed by atoms with Crippen molar-refractivity contribution in [2.24, 2.45) is 0 Å². The Balaban J connectivity index is 1.44. The molecule has 4 nitrogen and oxygen atoms in total. The first-order valence-corrected chi connectivity index (χ1v) is 15.0. The van der Waals surface area contributed by atoms with Gasteiger partial charge in [-0.2, -0.15) is 0 Å². The quantitative estimate of drug-likeness (QED) is 0.214. The Bertz CT molecular complexity index is 2560. The highest BCUT2D eigenvalue weighted by molar-refractivity contribution is 6.19. The minimum atomic E-state index is 0.675. The van der Waals surface area contributed by atoms with Crippen molar-refractivity contribution in [3.63, 3.8) is 0 Å². The lowest BCUT2D eigenvalue weighted by Gasteiger charge is -2.12. The number of hydrogen-bond acceptors (Lipinski definition) is 2. The normalized spacial score (nSPS) is 11.9. The van der Waals surface area contributed by atoms with E-state index in [0.29, 0.717) is 5.95 Å². The molecule has 0 aliphatic carbocycles. The number of aromatic nitrogens is 4. The Morgan fingerprint density at radius 2 is 0.977 bits per heavy atom. The van der Waals surface area contributed by atoms with Crippen molar-refractivity contribution in [3.8, 4) is 22.9 Å². The van der Waals surface area contributed by atoms with Crippen LogP contribution >= 0.6 is 0 Å². The summed E-state index contributed by atoms with van der Waals surface area (Å²) in [4.78, 5) is 10.5. The summed E-state index contributed by atoms with van der Waals surface area (Å²) in [5.74, 6) is 0.675. The molecule has 0 saturated heterocycles. The van der Waals surface area contributed by atoms with Gasteiger partial charge in [-0.3, -0.25) is 4.57 Å². The van der Waals surface area contributed by atoms with E-state index in [4.69, 9.17) is 9.97 Å². The second-order valence-electron chi connectivity index (χ2n) is 11.7. The molecular formula is C40H28N4. The standard InChI is InChI=1S/C40H28N4/c1-25-17-19-35-30(21-25)32-24-38-33(23-37(32)43(35)28-13-7-4-8-14-28)31-22-26(2)18-20-36(31)44(38)40-41-34-16-10-9-15-29(34)39(42-40)27-11-5-3-6-12-27/h3-24H,1-2H3. The highest BCUT2D eigenvalue weighted by Crippen LogP contribution is 2.40. The maximum atomic E-state index is 5.29. The molecule has 6 aromatic carbocycles. The van der Waals surface area contributed by atoms with Crippen molar-refractivity contribution in [2.45, 2.75) is 13.8 Å². The smallest absolute Gasteiger partial charge is 0.235 e. The Labute approximate surface area is 254 Å². The lowest BCUT2D eigenvalue weighted by Crippen LogP contribution is -2.03. The molecule has 44 heavy (non-hydrogen) atoms. The molecule has 4 heteroatoms. The van der Waals surface area contributed by atoms with Crippen LogP contribution in [-0.4, -0.2) is 19.1 Å². The average Bonchev–Trinajstić information content (AvgIpc) is 3.55. The fourth-order valence-electron chi connectivity index (χ4n) is 6.81. The molecule has 0 bridgehead atoms. The minimum absolute atomic E-state index is 0.675. The Hall–Kier alpha value is -5.74. The van der Waals surface area contributed by atoms with Crippen LogP contribution in [0.4, 0.5) is 0 Å². The second-order valence-corrected chi connectivity index (χ2v) is 11.7.